The van der Waals surface area contributed by atoms with Crippen molar-refractivity contribution >= 4 is 34.2 Å². The van der Waals surface area contributed by atoms with E-state index >= 15 is 0 Å². The Balaban J connectivity index is 1.46. The predicted molar refractivity (Wildman–Crippen MR) is 110 cm³/mol. The Morgan fingerprint density at radius 3 is 2.52 bits per heavy atom. The minimum absolute atomic E-state index is 0.0655. The number of aromatic amines is 1. The topological polar surface area (TPSA) is 57.8 Å². The van der Waals surface area contributed by atoms with Crippen LogP contribution in [0.5, 0.6) is 0 Å². The average molecular weight is 376 g/mol. The standard InChI is InChI=1S/C22H18ClN3O/c1-14-2-11-19-20(12-14)26-22(25-19)16-5-9-18(10-6-16)24-21(27)13-15-3-7-17(23)8-4-15/h2-12H,13H2,1H3,(H,24,27)(H,25,26). The number of nitrogens with zero attached hydrogens (tertiary/aromatic N) is 1. The summed E-state index contributed by atoms with van der Waals surface area (Å²) in [7, 11) is 0. The molecule has 0 aliphatic heterocycles. The number of carbonyl (C=O) groups is 1. The molecular formula is C22H18ClN3O. The molecule has 0 aliphatic carbocycles. The lowest BCUT2D eigenvalue weighted by atomic mass is 10.1. The molecule has 0 aliphatic rings. The molecule has 1 amide bonds. The van der Waals surface area contributed by atoms with E-state index in [0.29, 0.717) is 11.4 Å². The van der Waals surface area contributed by atoms with Crippen molar-refractivity contribution in [1.82, 2.24) is 9.97 Å². The van der Waals surface area contributed by atoms with Gasteiger partial charge in [-0.05, 0) is 66.6 Å². The van der Waals surface area contributed by atoms with E-state index in [1.807, 2.05) is 48.5 Å². The zero-order valence-corrected chi connectivity index (χ0v) is 15.5. The normalized spacial score (nSPS) is 10.9. The average Bonchev–Trinajstić information content (AvgIpc) is 3.07. The van der Waals surface area contributed by atoms with Gasteiger partial charge in [0.1, 0.15) is 5.82 Å². The number of hydrogen-bond donors (Lipinski definition) is 2. The summed E-state index contributed by atoms with van der Waals surface area (Å²) in [5, 5.41) is 3.58. The molecule has 4 nitrogen and oxygen atoms in total. The largest absolute Gasteiger partial charge is 0.338 e. The van der Waals surface area contributed by atoms with Crippen LogP contribution in [0.3, 0.4) is 0 Å². The van der Waals surface area contributed by atoms with Gasteiger partial charge >= 0.3 is 0 Å². The highest BCUT2D eigenvalue weighted by molar-refractivity contribution is 6.30. The van der Waals surface area contributed by atoms with Gasteiger partial charge in [0.05, 0.1) is 17.5 Å². The number of amides is 1. The van der Waals surface area contributed by atoms with Crippen LogP contribution in [0.2, 0.25) is 5.02 Å². The Labute approximate surface area is 162 Å². The third kappa shape index (κ3) is 4.01. The van der Waals surface area contributed by atoms with Crippen molar-refractivity contribution in [2.45, 2.75) is 13.3 Å². The lowest BCUT2D eigenvalue weighted by molar-refractivity contribution is -0.115. The molecule has 0 saturated carbocycles. The molecule has 2 N–H and O–H groups in total. The number of carbonyl (C=O) groups excluding carboxylic acids is 1. The van der Waals surface area contributed by atoms with Crippen molar-refractivity contribution in [2.24, 2.45) is 0 Å². The maximum atomic E-state index is 12.2. The Bertz CT molecular complexity index is 1100. The van der Waals surface area contributed by atoms with Gasteiger partial charge in [0.2, 0.25) is 5.91 Å². The number of benzene rings is 3. The van der Waals surface area contributed by atoms with E-state index in [1.165, 1.54) is 5.56 Å². The summed E-state index contributed by atoms with van der Waals surface area (Å²) >= 11 is 5.87. The fourth-order valence-electron chi connectivity index (χ4n) is 2.96. The third-order valence-corrected chi connectivity index (χ3v) is 4.61. The Kier molecular flexibility index (Phi) is 4.65. The van der Waals surface area contributed by atoms with Crippen molar-refractivity contribution in [1.29, 1.82) is 0 Å². The Morgan fingerprint density at radius 1 is 1.04 bits per heavy atom. The smallest absolute Gasteiger partial charge is 0.228 e. The summed E-state index contributed by atoms with van der Waals surface area (Å²) in [5.74, 6) is 0.749. The van der Waals surface area contributed by atoms with Crippen molar-refractivity contribution in [3.8, 4) is 11.4 Å². The summed E-state index contributed by atoms with van der Waals surface area (Å²) in [6.07, 6.45) is 0.307. The zero-order chi connectivity index (χ0) is 18.8. The van der Waals surface area contributed by atoms with Gasteiger partial charge < -0.3 is 10.3 Å². The van der Waals surface area contributed by atoms with Crippen LogP contribution in [0.25, 0.3) is 22.4 Å². The quantitative estimate of drug-likeness (QED) is 0.503. The number of hydrogen-bond acceptors (Lipinski definition) is 2. The number of anilines is 1. The predicted octanol–water partition coefficient (Wildman–Crippen LogP) is 5.37. The first-order valence-corrected chi connectivity index (χ1v) is 9.06. The van der Waals surface area contributed by atoms with Crippen molar-refractivity contribution < 1.29 is 4.79 Å². The zero-order valence-electron chi connectivity index (χ0n) is 14.8. The second kappa shape index (κ2) is 7.25. The van der Waals surface area contributed by atoms with Crippen LogP contribution < -0.4 is 5.32 Å². The lowest BCUT2D eigenvalue weighted by Crippen LogP contribution is -2.14. The minimum Gasteiger partial charge on any atom is -0.338 e. The molecule has 134 valence electrons. The number of rotatable bonds is 4. The number of imidazole rings is 1. The van der Waals surface area contributed by atoms with Gasteiger partial charge in [0.15, 0.2) is 0 Å². The number of fused-ring (bicyclic) bond motifs is 1. The number of aromatic nitrogens is 2. The maximum Gasteiger partial charge on any atom is 0.228 e. The monoisotopic (exact) mass is 375 g/mol. The Morgan fingerprint density at radius 2 is 1.78 bits per heavy atom. The van der Waals surface area contributed by atoms with Crippen molar-refractivity contribution in [3.63, 3.8) is 0 Å². The third-order valence-electron chi connectivity index (χ3n) is 4.36. The molecule has 0 radical (unpaired) electrons. The van der Waals surface area contributed by atoms with Crippen LogP contribution in [-0.2, 0) is 11.2 Å². The first kappa shape index (κ1) is 17.3. The Hall–Kier alpha value is -3.11. The molecule has 5 heteroatoms. The van der Waals surface area contributed by atoms with Crippen LogP contribution in [0.1, 0.15) is 11.1 Å². The fourth-order valence-corrected chi connectivity index (χ4v) is 3.09. The summed E-state index contributed by atoms with van der Waals surface area (Å²) in [6.45, 7) is 2.06. The van der Waals surface area contributed by atoms with Gasteiger partial charge in [-0.25, -0.2) is 4.98 Å². The highest BCUT2D eigenvalue weighted by atomic mass is 35.5. The molecule has 4 aromatic rings. The number of H-pyrrole nitrogens is 1. The first-order chi connectivity index (χ1) is 13.1. The molecule has 3 aromatic carbocycles. The van der Waals surface area contributed by atoms with E-state index < -0.39 is 0 Å². The van der Waals surface area contributed by atoms with E-state index in [0.717, 1.165) is 33.7 Å². The molecule has 4 rings (SSSR count). The van der Waals surface area contributed by atoms with Gasteiger partial charge in [-0.15, -0.1) is 0 Å². The van der Waals surface area contributed by atoms with Crippen molar-refractivity contribution in [3.05, 3.63) is 82.9 Å². The van der Waals surface area contributed by atoms with E-state index in [2.05, 4.69) is 28.3 Å². The first-order valence-electron chi connectivity index (χ1n) is 8.68. The molecule has 1 heterocycles. The summed E-state index contributed by atoms with van der Waals surface area (Å²) in [5.41, 5.74) is 5.80. The van der Waals surface area contributed by atoms with Gasteiger partial charge in [0, 0.05) is 16.3 Å². The van der Waals surface area contributed by atoms with Gasteiger partial charge in [-0.1, -0.05) is 29.8 Å². The van der Waals surface area contributed by atoms with E-state index in [1.54, 1.807) is 12.1 Å². The minimum atomic E-state index is -0.0655. The van der Waals surface area contributed by atoms with Crippen LogP contribution in [0, 0.1) is 6.92 Å². The SMILES string of the molecule is Cc1ccc2nc(-c3ccc(NC(=O)Cc4ccc(Cl)cc4)cc3)[nH]c2c1. The molecule has 0 bridgehead atoms. The molecule has 0 atom stereocenters. The van der Waals surface area contributed by atoms with E-state index in [4.69, 9.17) is 11.6 Å². The van der Waals surface area contributed by atoms with Crippen LogP contribution >= 0.6 is 11.6 Å². The molecule has 27 heavy (non-hydrogen) atoms. The summed E-state index contributed by atoms with van der Waals surface area (Å²) in [4.78, 5) is 20.2. The van der Waals surface area contributed by atoms with Crippen LogP contribution in [-0.4, -0.2) is 15.9 Å². The lowest BCUT2D eigenvalue weighted by Gasteiger charge is -2.06. The number of aryl methyl sites for hydroxylation is 1. The van der Waals surface area contributed by atoms with Gasteiger partial charge in [0.25, 0.3) is 0 Å². The van der Waals surface area contributed by atoms with Crippen LogP contribution in [0.4, 0.5) is 5.69 Å². The highest BCUT2D eigenvalue weighted by Gasteiger charge is 2.07. The molecule has 0 saturated heterocycles. The highest BCUT2D eigenvalue weighted by Crippen LogP contribution is 2.23. The van der Waals surface area contributed by atoms with Gasteiger partial charge in [-0.2, -0.15) is 0 Å². The van der Waals surface area contributed by atoms with E-state index in [-0.39, 0.29) is 5.91 Å². The number of nitrogens with one attached hydrogen (secondary N) is 2. The second-order valence-corrected chi connectivity index (χ2v) is 6.97. The van der Waals surface area contributed by atoms with Gasteiger partial charge in [-0.3, -0.25) is 4.79 Å². The second-order valence-electron chi connectivity index (χ2n) is 6.53. The molecule has 0 fully saturated rings. The molecular weight excluding hydrogens is 358 g/mol. The molecule has 1 aromatic heterocycles. The molecule has 0 unspecified atom stereocenters. The maximum absolute atomic E-state index is 12.2. The molecule has 0 spiro atoms. The van der Waals surface area contributed by atoms with E-state index in [9.17, 15) is 4.79 Å². The summed E-state index contributed by atoms with van der Waals surface area (Å²) < 4.78 is 0. The summed E-state index contributed by atoms with van der Waals surface area (Å²) in [6, 6.07) is 21.1. The van der Waals surface area contributed by atoms with Crippen LogP contribution in [0.15, 0.2) is 66.7 Å². The fraction of sp³-hybridized carbons (Fsp3) is 0.0909. The van der Waals surface area contributed by atoms with Crippen molar-refractivity contribution in [2.75, 3.05) is 5.32 Å². The number of halogens is 1.